The molecule has 0 aromatic carbocycles. The van der Waals surface area contributed by atoms with Crippen molar-refractivity contribution in [1.82, 2.24) is 5.32 Å². The van der Waals surface area contributed by atoms with Crippen LogP contribution in [0.3, 0.4) is 0 Å². The zero-order chi connectivity index (χ0) is 13.5. The second-order valence-electron chi connectivity index (χ2n) is 5.08. The van der Waals surface area contributed by atoms with Crippen molar-refractivity contribution in [3.8, 4) is 0 Å². The van der Waals surface area contributed by atoms with Gasteiger partial charge in [-0.3, -0.25) is 9.59 Å². The molecule has 0 aromatic rings. The molecule has 5 heteroatoms. The van der Waals surface area contributed by atoms with E-state index >= 15 is 0 Å². The van der Waals surface area contributed by atoms with Gasteiger partial charge in [0.1, 0.15) is 6.10 Å². The molecule has 3 atom stereocenters. The highest BCUT2D eigenvalue weighted by atomic mass is 16.5. The average molecular weight is 257 g/mol. The molecule has 5 nitrogen and oxygen atoms in total. The third kappa shape index (κ3) is 5.04. The summed E-state index contributed by atoms with van der Waals surface area (Å²) in [6, 6.07) is 0.0719. The highest BCUT2D eigenvalue weighted by molar-refractivity contribution is 5.81. The van der Waals surface area contributed by atoms with Gasteiger partial charge in [-0.1, -0.05) is 13.3 Å². The molecule has 104 valence electrons. The number of carbonyl (C=O) groups is 2. The summed E-state index contributed by atoms with van der Waals surface area (Å²) in [5, 5.41) is 11.7. The summed E-state index contributed by atoms with van der Waals surface area (Å²) in [4.78, 5) is 22.4. The van der Waals surface area contributed by atoms with E-state index in [0.717, 1.165) is 25.7 Å². The van der Waals surface area contributed by atoms with Gasteiger partial charge in [0.05, 0.1) is 5.92 Å². The SMILES string of the molecule is CC(CCCC(C)C(=O)O)NC(=O)C1CCCO1. The van der Waals surface area contributed by atoms with Crippen LogP contribution in [0.1, 0.15) is 46.0 Å². The van der Waals surface area contributed by atoms with Crippen LogP contribution in [0.2, 0.25) is 0 Å². The van der Waals surface area contributed by atoms with Crippen molar-refractivity contribution >= 4 is 11.9 Å². The molecule has 1 saturated heterocycles. The topological polar surface area (TPSA) is 75.6 Å². The van der Waals surface area contributed by atoms with Crippen LogP contribution in [0, 0.1) is 5.92 Å². The van der Waals surface area contributed by atoms with Gasteiger partial charge in [-0.2, -0.15) is 0 Å². The Labute approximate surface area is 108 Å². The molecule has 0 aromatic heterocycles. The van der Waals surface area contributed by atoms with Crippen molar-refractivity contribution in [3.63, 3.8) is 0 Å². The molecule has 0 radical (unpaired) electrons. The summed E-state index contributed by atoms with van der Waals surface area (Å²) in [7, 11) is 0. The van der Waals surface area contributed by atoms with Crippen LogP contribution in [0.15, 0.2) is 0 Å². The minimum absolute atomic E-state index is 0.0358. The van der Waals surface area contributed by atoms with Gasteiger partial charge in [-0.15, -0.1) is 0 Å². The number of carboxylic acids is 1. The fraction of sp³-hybridized carbons (Fsp3) is 0.846. The Balaban J connectivity index is 2.14. The zero-order valence-corrected chi connectivity index (χ0v) is 11.1. The Morgan fingerprint density at radius 3 is 2.67 bits per heavy atom. The molecule has 1 aliphatic rings. The summed E-state index contributed by atoms with van der Waals surface area (Å²) < 4.78 is 5.30. The highest BCUT2D eigenvalue weighted by Gasteiger charge is 2.24. The largest absolute Gasteiger partial charge is 0.481 e. The number of aliphatic carboxylic acids is 1. The van der Waals surface area contributed by atoms with E-state index in [1.807, 2.05) is 6.92 Å². The van der Waals surface area contributed by atoms with E-state index in [0.29, 0.717) is 13.0 Å². The van der Waals surface area contributed by atoms with Crippen LogP contribution in [-0.2, 0) is 14.3 Å². The van der Waals surface area contributed by atoms with Crippen LogP contribution in [-0.4, -0.2) is 35.7 Å². The number of nitrogens with one attached hydrogen (secondary N) is 1. The van der Waals surface area contributed by atoms with Gasteiger partial charge < -0.3 is 15.2 Å². The lowest BCUT2D eigenvalue weighted by atomic mass is 10.0. The van der Waals surface area contributed by atoms with Crippen LogP contribution >= 0.6 is 0 Å². The smallest absolute Gasteiger partial charge is 0.306 e. The highest BCUT2D eigenvalue weighted by Crippen LogP contribution is 2.13. The summed E-state index contributed by atoms with van der Waals surface area (Å²) in [5.41, 5.74) is 0. The standard InChI is InChI=1S/C13H23NO4/c1-9(13(16)17)5-3-6-10(2)14-12(15)11-7-4-8-18-11/h9-11H,3-8H2,1-2H3,(H,14,15)(H,16,17). The number of rotatable bonds is 7. The van der Waals surface area contributed by atoms with E-state index in [2.05, 4.69) is 5.32 Å². The van der Waals surface area contributed by atoms with Crippen molar-refractivity contribution in [2.24, 2.45) is 5.92 Å². The van der Waals surface area contributed by atoms with Crippen LogP contribution in [0.5, 0.6) is 0 Å². The van der Waals surface area contributed by atoms with Gasteiger partial charge >= 0.3 is 5.97 Å². The second kappa shape index (κ2) is 7.36. The zero-order valence-electron chi connectivity index (χ0n) is 11.1. The molecule has 1 heterocycles. The number of hydrogen-bond acceptors (Lipinski definition) is 3. The first kappa shape index (κ1) is 15.0. The molecule has 3 unspecified atom stereocenters. The van der Waals surface area contributed by atoms with Gasteiger partial charge in [0.25, 0.3) is 0 Å². The monoisotopic (exact) mass is 257 g/mol. The molecule has 2 N–H and O–H groups in total. The van der Waals surface area contributed by atoms with E-state index in [1.165, 1.54) is 0 Å². The molecule has 0 bridgehead atoms. The number of ether oxygens (including phenoxy) is 1. The van der Waals surface area contributed by atoms with Gasteiger partial charge in [0.2, 0.25) is 5.91 Å². The Bertz CT molecular complexity index is 287. The maximum Gasteiger partial charge on any atom is 0.306 e. The number of hydrogen-bond donors (Lipinski definition) is 2. The number of carboxylic acid groups (broad SMARTS) is 1. The quantitative estimate of drug-likeness (QED) is 0.725. The van der Waals surface area contributed by atoms with E-state index in [4.69, 9.17) is 9.84 Å². The number of amides is 1. The Kier molecular flexibility index (Phi) is 6.12. The molecule has 1 fully saturated rings. The van der Waals surface area contributed by atoms with E-state index in [1.54, 1.807) is 6.92 Å². The predicted octanol–water partition coefficient (Wildman–Crippen LogP) is 1.56. The first-order valence-electron chi connectivity index (χ1n) is 6.65. The molecular formula is C13H23NO4. The molecule has 1 rings (SSSR count). The van der Waals surface area contributed by atoms with Crippen molar-refractivity contribution < 1.29 is 19.4 Å². The van der Waals surface area contributed by atoms with Crippen molar-refractivity contribution in [1.29, 1.82) is 0 Å². The van der Waals surface area contributed by atoms with Crippen LogP contribution < -0.4 is 5.32 Å². The molecule has 1 amide bonds. The van der Waals surface area contributed by atoms with Gasteiger partial charge in [0, 0.05) is 12.6 Å². The fourth-order valence-corrected chi connectivity index (χ4v) is 2.05. The maximum atomic E-state index is 11.7. The number of carbonyl (C=O) groups excluding carboxylic acids is 1. The van der Waals surface area contributed by atoms with E-state index in [9.17, 15) is 9.59 Å². The second-order valence-corrected chi connectivity index (χ2v) is 5.08. The van der Waals surface area contributed by atoms with Crippen molar-refractivity contribution in [3.05, 3.63) is 0 Å². The lowest BCUT2D eigenvalue weighted by Gasteiger charge is -2.17. The van der Waals surface area contributed by atoms with E-state index < -0.39 is 5.97 Å². The van der Waals surface area contributed by atoms with Crippen LogP contribution in [0.4, 0.5) is 0 Å². The van der Waals surface area contributed by atoms with Gasteiger partial charge in [0.15, 0.2) is 0 Å². The lowest BCUT2D eigenvalue weighted by molar-refractivity contribution is -0.141. The summed E-state index contributed by atoms with van der Waals surface area (Å²) in [6.45, 7) is 4.32. The minimum atomic E-state index is -0.758. The molecule has 1 aliphatic heterocycles. The summed E-state index contributed by atoms with van der Waals surface area (Å²) in [5.74, 6) is -1.11. The Hall–Kier alpha value is -1.10. The summed E-state index contributed by atoms with van der Waals surface area (Å²) in [6.07, 6.45) is 3.72. The van der Waals surface area contributed by atoms with E-state index in [-0.39, 0.29) is 24.0 Å². The fourth-order valence-electron chi connectivity index (χ4n) is 2.05. The first-order valence-corrected chi connectivity index (χ1v) is 6.65. The molecule has 0 aliphatic carbocycles. The molecule has 0 saturated carbocycles. The van der Waals surface area contributed by atoms with Gasteiger partial charge in [-0.05, 0) is 32.6 Å². The minimum Gasteiger partial charge on any atom is -0.481 e. The van der Waals surface area contributed by atoms with Crippen molar-refractivity contribution in [2.45, 2.75) is 58.1 Å². The first-order chi connectivity index (χ1) is 8.50. The molecule has 0 spiro atoms. The normalized spacial score (nSPS) is 22.4. The third-order valence-corrected chi connectivity index (χ3v) is 3.31. The lowest BCUT2D eigenvalue weighted by Crippen LogP contribution is -2.39. The third-order valence-electron chi connectivity index (χ3n) is 3.31. The predicted molar refractivity (Wildman–Crippen MR) is 67.2 cm³/mol. The average Bonchev–Trinajstić information content (AvgIpc) is 2.81. The maximum absolute atomic E-state index is 11.7. The van der Waals surface area contributed by atoms with Crippen molar-refractivity contribution in [2.75, 3.05) is 6.61 Å². The Morgan fingerprint density at radius 2 is 2.11 bits per heavy atom. The molecule has 18 heavy (non-hydrogen) atoms. The van der Waals surface area contributed by atoms with Gasteiger partial charge in [-0.25, -0.2) is 0 Å². The molecular weight excluding hydrogens is 234 g/mol. The Morgan fingerprint density at radius 1 is 1.39 bits per heavy atom. The summed E-state index contributed by atoms with van der Waals surface area (Å²) >= 11 is 0. The van der Waals surface area contributed by atoms with Crippen LogP contribution in [0.25, 0.3) is 0 Å².